The van der Waals surface area contributed by atoms with Crippen molar-refractivity contribution < 1.29 is 0 Å². The van der Waals surface area contributed by atoms with E-state index in [-0.39, 0.29) is 0 Å². The lowest BCUT2D eigenvalue weighted by Gasteiger charge is -2.54. The van der Waals surface area contributed by atoms with Crippen LogP contribution in [-0.4, -0.2) is 12.1 Å². The predicted molar refractivity (Wildman–Crippen MR) is 72.2 cm³/mol. The number of hydrogen-bond donors (Lipinski definition) is 1. The molecule has 0 spiro atoms. The van der Waals surface area contributed by atoms with Crippen molar-refractivity contribution in [2.75, 3.05) is 6.54 Å². The van der Waals surface area contributed by atoms with Crippen LogP contribution in [0.2, 0.25) is 0 Å². The molecule has 0 saturated heterocycles. The molecule has 1 aromatic carbocycles. The molecule has 4 rings (SSSR count). The van der Waals surface area contributed by atoms with Crippen molar-refractivity contribution >= 4 is 0 Å². The molecule has 0 unspecified atom stereocenters. The molecule has 0 heterocycles. The normalized spacial score (nSPS) is 36.1. The second-order valence-electron chi connectivity index (χ2n) is 5.96. The molecule has 0 aliphatic heterocycles. The summed E-state index contributed by atoms with van der Waals surface area (Å²) in [7, 11) is 0. The van der Waals surface area contributed by atoms with Crippen molar-refractivity contribution in [2.24, 2.45) is 0 Å². The van der Waals surface area contributed by atoms with Crippen LogP contribution in [0.4, 0.5) is 0 Å². The van der Waals surface area contributed by atoms with Gasteiger partial charge in [0.2, 0.25) is 0 Å². The van der Waals surface area contributed by atoms with E-state index in [1.807, 2.05) is 0 Å². The smallest absolute Gasteiger partial charge is 0.0182 e. The topological polar surface area (TPSA) is 12.0 Å². The zero-order chi connectivity index (χ0) is 11.8. The number of fused-ring (bicyclic) bond motifs is 3. The van der Waals surface area contributed by atoms with Crippen LogP contribution in [0.3, 0.4) is 0 Å². The Morgan fingerprint density at radius 3 is 2.06 bits per heavy atom. The average molecular weight is 229 g/mol. The molecule has 3 aliphatic carbocycles. The lowest BCUT2D eigenvalue weighted by Crippen LogP contribution is -2.56. The van der Waals surface area contributed by atoms with Gasteiger partial charge in [0, 0.05) is 5.54 Å². The summed E-state index contributed by atoms with van der Waals surface area (Å²) in [6, 6.07) is 11.2. The Kier molecular flexibility index (Phi) is 2.74. The summed E-state index contributed by atoms with van der Waals surface area (Å²) in [5, 5.41) is 3.75. The minimum atomic E-state index is 0.491. The van der Waals surface area contributed by atoms with Gasteiger partial charge in [0.25, 0.3) is 0 Å². The third kappa shape index (κ3) is 1.81. The summed E-state index contributed by atoms with van der Waals surface area (Å²) in [6.45, 7) is 3.36. The minimum absolute atomic E-state index is 0.491. The van der Waals surface area contributed by atoms with E-state index in [1.165, 1.54) is 38.5 Å². The van der Waals surface area contributed by atoms with Crippen LogP contribution in [-0.2, 0) is 5.41 Å². The lowest BCUT2D eigenvalue weighted by molar-refractivity contribution is 0.0788. The molecule has 0 atom stereocenters. The van der Waals surface area contributed by atoms with Gasteiger partial charge in [0.05, 0.1) is 0 Å². The van der Waals surface area contributed by atoms with Gasteiger partial charge in [-0.05, 0) is 56.0 Å². The molecule has 1 heteroatoms. The first-order valence-corrected chi connectivity index (χ1v) is 7.09. The summed E-state index contributed by atoms with van der Waals surface area (Å²) in [5.74, 6) is 0. The SMILES string of the molecule is CCNC12CCC(c3ccccc3)(CC1)CC2. The molecule has 3 fully saturated rings. The summed E-state index contributed by atoms with van der Waals surface area (Å²) in [4.78, 5) is 0. The Morgan fingerprint density at radius 2 is 1.53 bits per heavy atom. The molecule has 1 aromatic rings. The Bertz CT molecular complexity index is 357. The Morgan fingerprint density at radius 1 is 0.941 bits per heavy atom. The minimum Gasteiger partial charge on any atom is -0.312 e. The quantitative estimate of drug-likeness (QED) is 0.834. The highest BCUT2D eigenvalue weighted by Crippen LogP contribution is 2.53. The van der Waals surface area contributed by atoms with E-state index in [4.69, 9.17) is 0 Å². The van der Waals surface area contributed by atoms with Crippen LogP contribution in [0.15, 0.2) is 30.3 Å². The summed E-state index contributed by atoms with van der Waals surface area (Å²) < 4.78 is 0. The van der Waals surface area contributed by atoms with Crippen molar-refractivity contribution in [1.29, 1.82) is 0 Å². The van der Waals surface area contributed by atoms with E-state index >= 15 is 0 Å². The van der Waals surface area contributed by atoms with E-state index in [0.29, 0.717) is 11.0 Å². The van der Waals surface area contributed by atoms with Gasteiger partial charge in [-0.1, -0.05) is 37.3 Å². The second kappa shape index (κ2) is 4.13. The van der Waals surface area contributed by atoms with Crippen LogP contribution >= 0.6 is 0 Å². The standard InChI is InChI=1S/C16H23N/c1-2-17-16-11-8-15(9-12-16,10-13-16)14-6-4-3-5-7-14/h3-7,17H,2,8-13H2,1H3. The zero-order valence-electron chi connectivity index (χ0n) is 10.8. The molecular weight excluding hydrogens is 206 g/mol. The van der Waals surface area contributed by atoms with E-state index in [9.17, 15) is 0 Å². The second-order valence-corrected chi connectivity index (χ2v) is 5.96. The van der Waals surface area contributed by atoms with E-state index in [2.05, 4.69) is 42.6 Å². The van der Waals surface area contributed by atoms with Gasteiger partial charge in [-0.25, -0.2) is 0 Å². The maximum Gasteiger partial charge on any atom is 0.0182 e. The molecule has 1 N–H and O–H groups in total. The predicted octanol–water partition coefficient (Wildman–Crippen LogP) is 3.64. The number of hydrogen-bond acceptors (Lipinski definition) is 1. The van der Waals surface area contributed by atoms with Gasteiger partial charge in [0.1, 0.15) is 0 Å². The van der Waals surface area contributed by atoms with E-state index < -0.39 is 0 Å². The molecule has 2 bridgehead atoms. The molecule has 17 heavy (non-hydrogen) atoms. The van der Waals surface area contributed by atoms with Gasteiger partial charge >= 0.3 is 0 Å². The van der Waals surface area contributed by atoms with Crippen LogP contribution in [0.5, 0.6) is 0 Å². The summed E-state index contributed by atoms with van der Waals surface area (Å²) in [5.41, 5.74) is 2.59. The van der Waals surface area contributed by atoms with Crippen molar-refractivity contribution in [1.82, 2.24) is 5.32 Å². The molecule has 0 amide bonds. The van der Waals surface area contributed by atoms with Crippen LogP contribution in [0.25, 0.3) is 0 Å². The zero-order valence-corrected chi connectivity index (χ0v) is 10.8. The number of rotatable bonds is 3. The maximum absolute atomic E-state index is 3.75. The monoisotopic (exact) mass is 229 g/mol. The largest absolute Gasteiger partial charge is 0.312 e. The third-order valence-electron chi connectivity index (χ3n) is 5.18. The average Bonchev–Trinajstić information content (AvgIpc) is 2.42. The molecule has 0 aromatic heterocycles. The van der Waals surface area contributed by atoms with Crippen molar-refractivity contribution in [2.45, 2.75) is 56.4 Å². The molecular formula is C16H23N. The Hall–Kier alpha value is -0.820. The number of benzene rings is 1. The fourth-order valence-electron chi connectivity index (χ4n) is 4.05. The molecule has 0 radical (unpaired) electrons. The first kappa shape index (κ1) is 11.3. The van der Waals surface area contributed by atoms with Crippen LogP contribution in [0, 0.1) is 0 Å². The molecule has 3 aliphatic rings. The maximum atomic E-state index is 3.75. The fourth-order valence-corrected chi connectivity index (χ4v) is 4.05. The highest BCUT2D eigenvalue weighted by atomic mass is 15.0. The fraction of sp³-hybridized carbons (Fsp3) is 0.625. The highest BCUT2D eigenvalue weighted by molar-refractivity contribution is 5.29. The molecule has 92 valence electrons. The van der Waals surface area contributed by atoms with Gasteiger partial charge < -0.3 is 5.32 Å². The van der Waals surface area contributed by atoms with E-state index in [0.717, 1.165) is 6.54 Å². The van der Waals surface area contributed by atoms with Crippen LogP contribution < -0.4 is 5.32 Å². The first-order valence-electron chi connectivity index (χ1n) is 7.09. The third-order valence-corrected chi connectivity index (χ3v) is 5.18. The molecule has 3 saturated carbocycles. The van der Waals surface area contributed by atoms with Gasteiger partial charge in [0.15, 0.2) is 0 Å². The van der Waals surface area contributed by atoms with E-state index in [1.54, 1.807) is 5.56 Å². The van der Waals surface area contributed by atoms with Gasteiger partial charge in [-0.3, -0.25) is 0 Å². The van der Waals surface area contributed by atoms with Crippen molar-refractivity contribution in [3.63, 3.8) is 0 Å². The summed E-state index contributed by atoms with van der Waals surface area (Å²) in [6.07, 6.45) is 8.25. The Balaban J connectivity index is 1.82. The van der Waals surface area contributed by atoms with Gasteiger partial charge in [-0.2, -0.15) is 0 Å². The van der Waals surface area contributed by atoms with Gasteiger partial charge in [-0.15, -0.1) is 0 Å². The number of nitrogens with one attached hydrogen (secondary N) is 1. The molecule has 1 nitrogen and oxygen atoms in total. The highest BCUT2D eigenvalue weighted by Gasteiger charge is 2.48. The van der Waals surface area contributed by atoms with Crippen molar-refractivity contribution in [3.8, 4) is 0 Å². The Labute approximate surface area is 105 Å². The van der Waals surface area contributed by atoms with Crippen LogP contribution in [0.1, 0.15) is 51.0 Å². The van der Waals surface area contributed by atoms with Crippen molar-refractivity contribution in [3.05, 3.63) is 35.9 Å². The lowest BCUT2D eigenvalue weighted by atomic mass is 9.55. The summed E-state index contributed by atoms with van der Waals surface area (Å²) >= 11 is 0. The first-order chi connectivity index (χ1) is 8.29.